The second-order valence-corrected chi connectivity index (χ2v) is 6.01. The molecular weight excluding hydrogens is 204 g/mol. The third-order valence-electron chi connectivity index (χ3n) is 3.01. The van der Waals surface area contributed by atoms with Gasteiger partial charge in [-0.25, -0.2) is 4.98 Å². The Bertz CT molecular complexity index is 288. The molecule has 0 aliphatic carbocycles. The molecule has 0 saturated heterocycles. The van der Waals surface area contributed by atoms with Crippen LogP contribution in [0.2, 0.25) is 0 Å². The first-order chi connectivity index (χ1) is 6.91. The van der Waals surface area contributed by atoms with E-state index in [0.717, 1.165) is 6.42 Å². The van der Waals surface area contributed by atoms with Gasteiger partial charge in [-0.1, -0.05) is 13.8 Å². The highest BCUT2D eigenvalue weighted by molar-refractivity contribution is 7.11. The van der Waals surface area contributed by atoms with Gasteiger partial charge >= 0.3 is 0 Å². The van der Waals surface area contributed by atoms with Gasteiger partial charge in [-0.3, -0.25) is 0 Å². The van der Waals surface area contributed by atoms with E-state index in [1.807, 2.05) is 11.3 Å². The minimum Gasteiger partial charge on any atom is -0.328 e. The Morgan fingerprint density at radius 3 is 2.20 bits per heavy atom. The lowest BCUT2D eigenvalue weighted by Crippen LogP contribution is -2.32. The minimum absolute atomic E-state index is 0.245. The molecule has 0 aliphatic heterocycles. The van der Waals surface area contributed by atoms with Gasteiger partial charge in [0.2, 0.25) is 0 Å². The van der Waals surface area contributed by atoms with Crippen molar-refractivity contribution in [3.8, 4) is 0 Å². The molecule has 2 nitrogen and oxygen atoms in total. The highest BCUT2D eigenvalue weighted by Gasteiger charge is 2.20. The quantitative estimate of drug-likeness (QED) is 0.857. The van der Waals surface area contributed by atoms with Crippen molar-refractivity contribution in [1.82, 2.24) is 4.98 Å². The van der Waals surface area contributed by atoms with E-state index in [-0.39, 0.29) is 6.04 Å². The molecule has 0 aromatic carbocycles. The second-order valence-electron chi connectivity index (χ2n) is 4.72. The smallest absolute Gasteiger partial charge is 0.0934 e. The summed E-state index contributed by atoms with van der Waals surface area (Å²) in [5.74, 6) is 1.16. The molecule has 1 aromatic rings. The topological polar surface area (TPSA) is 38.9 Å². The van der Waals surface area contributed by atoms with Crippen molar-refractivity contribution in [3.05, 3.63) is 15.6 Å². The van der Waals surface area contributed by atoms with Crippen molar-refractivity contribution >= 4 is 11.3 Å². The van der Waals surface area contributed by atoms with E-state index >= 15 is 0 Å². The molecule has 0 aliphatic rings. The Kier molecular flexibility index (Phi) is 4.29. The minimum atomic E-state index is 0.245. The van der Waals surface area contributed by atoms with Crippen molar-refractivity contribution < 1.29 is 0 Å². The molecule has 15 heavy (non-hydrogen) atoms. The van der Waals surface area contributed by atoms with Crippen LogP contribution in [-0.4, -0.2) is 11.0 Å². The number of hydrogen-bond acceptors (Lipinski definition) is 3. The molecule has 0 bridgehead atoms. The Labute approximate surface area is 96.9 Å². The SMILES string of the molecule is Cc1nc(CC(C(C)C)C(C)N)sc1C. The molecule has 0 saturated carbocycles. The molecule has 0 spiro atoms. The Morgan fingerprint density at radius 2 is 1.87 bits per heavy atom. The summed E-state index contributed by atoms with van der Waals surface area (Å²) in [5.41, 5.74) is 7.18. The maximum absolute atomic E-state index is 6.01. The maximum Gasteiger partial charge on any atom is 0.0934 e. The first kappa shape index (κ1) is 12.7. The fourth-order valence-electron chi connectivity index (χ4n) is 1.86. The van der Waals surface area contributed by atoms with Gasteiger partial charge in [0.05, 0.1) is 10.7 Å². The van der Waals surface area contributed by atoms with Crippen LogP contribution >= 0.6 is 11.3 Å². The number of aromatic nitrogens is 1. The van der Waals surface area contributed by atoms with Gasteiger partial charge in [0.25, 0.3) is 0 Å². The van der Waals surface area contributed by atoms with Crippen LogP contribution in [0.1, 0.15) is 36.3 Å². The van der Waals surface area contributed by atoms with E-state index in [0.29, 0.717) is 11.8 Å². The fourth-order valence-corrected chi connectivity index (χ4v) is 2.86. The highest BCUT2D eigenvalue weighted by atomic mass is 32.1. The van der Waals surface area contributed by atoms with Gasteiger partial charge in [-0.15, -0.1) is 11.3 Å². The van der Waals surface area contributed by atoms with Gasteiger partial charge < -0.3 is 5.73 Å². The van der Waals surface area contributed by atoms with Crippen molar-refractivity contribution in [2.24, 2.45) is 17.6 Å². The van der Waals surface area contributed by atoms with Crippen LogP contribution in [0.5, 0.6) is 0 Å². The Hall–Kier alpha value is -0.410. The Balaban J connectivity index is 2.74. The number of nitrogens with zero attached hydrogens (tertiary/aromatic N) is 1. The van der Waals surface area contributed by atoms with E-state index in [1.165, 1.54) is 15.6 Å². The third-order valence-corrected chi connectivity index (χ3v) is 4.11. The molecule has 86 valence electrons. The van der Waals surface area contributed by atoms with E-state index in [1.54, 1.807) is 0 Å². The van der Waals surface area contributed by atoms with Gasteiger partial charge in [0, 0.05) is 17.3 Å². The predicted molar refractivity (Wildman–Crippen MR) is 67.3 cm³/mol. The predicted octanol–water partition coefficient (Wildman–Crippen LogP) is 2.92. The van der Waals surface area contributed by atoms with E-state index in [9.17, 15) is 0 Å². The lowest BCUT2D eigenvalue weighted by atomic mass is 9.87. The molecule has 0 fully saturated rings. The molecule has 2 N–H and O–H groups in total. The molecule has 3 heteroatoms. The van der Waals surface area contributed by atoms with Crippen molar-refractivity contribution in [2.75, 3.05) is 0 Å². The van der Waals surface area contributed by atoms with E-state index in [2.05, 4.69) is 39.6 Å². The van der Waals surface area contributed by atoms with Gasteiger partial charge in [0.1, 0.15) is 0 Å². The van der Waals surface area contributed by atoms with E-state index in [4.69, 9.17) is 5.73 Å². The number of aryl methyl sites for hydroxylation is 2. The summed E-state index contributed by atoms with van der Waals surface area (Å²) in [6, 6.07) is 0.245. The molecule has 0 amide bonds. The zero-order chi connectivity index (χ0) is 11.6. The largest absolute Gasteiger partial charge is 0.328 e. The number of thiazole rings is 1. The summed E-state index contributed by atoms with van der Waals surface area (Å²) in [4.78, 5) is 5.91. The summed E-state index contributed by atoms with van der Waals surface area (Å²) in [5, 5.41) is 1.24. The van der Waals surface area contributed by atoms with Crippen LogP contribution in [0.25, 0.3) is 0 Å². The third kappa shape index (κ3) is 3.28. The monoisotopic (exact) mass is 226 g/mol. The molecule has 1 aromatic heterocycles. The van der Waals surface area contributed by atoms with Crippen molar-refractivity contribution in [1.29, 1.82) is 0 Å². The summed E-state index contributed by atoms with van der Waals surface area (Å²) in [7, 11) is 0. The highest BCUT2D eigenvalue weighted by Crippen LogP contribution is 2.24. The zero-order valence-corrected chi connectivity index (χ0v) is 11.2. The average molecular weight is 226 g/mol. The molecule has 0 radical (unpaired) electrons. The second kappa shape index (κ2) is 5.08. The first-order valence-electron chi connectivity index (χ1n) is 5.60. The summed E-state index contributed by atoms with van der Waals surface area (Å²) in [6.45, 7) is 10.8. The van der Waals surface area contributed by atoms with Crippen LogP contribution in [-0.2, 0) is 6.42 Å². The van der Waals surface area contributed by atoms with Crippen molar-refractivity contribution in [2.45, 2.75) is 47.1 Å². The zero-order valence-electron chi connectivity index (χ0n) is 10.4. The number of nitrogens with two attached hydrogens (primary N) is 1. The summed E-state index contributed by atoms with van der Waals surface area (Å²) >= 11 is 1.81. The molecule has 2 unspecified atom stereocenters. The van der Waals surface area contributed by atoms with Crippen LogP contribution in [0, 0.1) is 25.7 Å². The lowest BCUT2D eigenvalue weighted by molar-refractivity contribution is 0.329. The van der Waals surface area contributed by atoms with E-state index < -0.39 is 0 Å². The molecule has 1 rings (SSSR count). The number of rotatable bonds is 4. The average Bonchev–Trinajstić information content (AvgIpc) is 2.41. The van der Waals surface area contributed by atoms with Gasteiger partial charge in [0.15, 0.2) is 0 Å². The van der Waals surface area contributed by atoms with Gasteiger partial charge in [-0.05, 0) is 32.6 Å². The molecule has 1 heterocycles. The van der Waals surface area contributed by atoms with Crippen LogP contribution < -0.4 is 5.73 Å². The summed E-state index contributed by atoms with van der Waals surface area (Å²) in [6.07, 6.45) is 1.02. The lowest BCUT2D eigenvalue weighted by Gasteiger charge is -2.23. The first-order valence-corrected chi connectivity index (χ1v) is 6.42. The number of hydrogen-bond donors (Lipinski definition) is 1. The van der Waals surface area contributed by atoms with Crippen LogP contribution in [0.4, 0.5) is 0 Å². The fraction of sp³-hybridized carbons (Fsp3) is 0.750. The van der Waals surface area contributed by atoms with Crippen LogP contribution in [0.3, 0.4) is 0 Å². The maximum atomic E-state index is 6.01. The van der Waals surface area contributed by atoms with Gasteiger partial charge in [-0.2, -0.15) is 0 Å². The summed E-state index contributed by atoms with van der Waals surface area (Å²) < 4.78 is 0. The standard InChI is InChI=1S/C12H22N2S/c1-7(2)11(8(3)13)6-12-14-9(4)10(5)15-12/h7-8,11H,6,13H2,1-5H3. The van der Waals surface area contributed by atoms with Crippen molar-refractivity contribution in [3.63, 3.8) is 0 Å². The normalized spacial score (nSPS) is 15.7. The van der Waals surface area contributed by atoms with Crippen LogP contribution in [0.15, 0.2) is 0 Å². The molecule has 2 atom stereocenters. The Morgan fingerprint density at radius 1 is 1.27 bits per heavy atom. The molecular formula is C12H22N2S.